The molecular weight excluding hydrogens is 378 g/mol. The maximum absolute atomic E-state index is 13.2. The molecule has 1 aliphatic rings. The summed E-state index contributed by atoms with van der Waals surface area (Å²) < 4.78 is 0. The number of rotatable bonds is 10. The van der Waals surface area contributed by atoms with Gasteiger partial charge in [0, 0.05) is 13.1 Å². The van der Waals surface area contributed by atoms with Crippen molar-refractivity contribution in [3.63, 3.8) is 0 Å². The third-order valence-electron chi connectivity index (χ3n) is 5.65. The summed E-state index contributed by atoms with van der Waals surface area (Å²) in [5, 5.41) is 2.95. The van der Waals surface area contributed by atoms with E-state index in [1.165, 1.54) is 0 Å². The lowest BCUT2D eigenvalue weighted by molar-refractivity contribution is -0.139. The molecule has 0 spiro atoms. The number of hydrogen-bond acceptors (Lipinski definition) is 3. The van der Waals surface area contributed by atoms with Gasteiger partial charge in [0.05, 0.1) is 11.8 Å². The molecule has 1 aromatic carbocycles. The van der Waals surface area contributed by atoms with Crippen LogP contribution in [0.1, 0.15) is 51.5 Å². The highest BCUT2D eigenvalue weighted by atomic mass is 16.2. The van der Waals surface area contributed by atoms with E-state index in [9.17, 15) is 14.4 Å². The van der Waals surface area contributed by atoms with Gasteiger partial charge in [0.2, 0.25) is 17.7 Å². The van der Waals surface area contributed by atoms with Gasteiger partial charge in [0.25, 0.3) is 0 Å². The van der Waals surface area contributed by atoms with Crippen LogP contribution < -0.4 is 11.1 Å². The molecule has 0 radical (unpaired) electrons. The molecule has 3 atom stereocenters. The van der Waals surface area contributed by atoms with Crippen molar-refractivity contribution in [3.05, 3.63) is 48.6 Å². The number of benzene rings is 1. The van der Waals surface area contributed by atoms with Gasteiger partial charge in [-0.1, -0.05) is 50.3 Å². The van der Waals surface area contributed by atoms with Crippen molar-refractivity contribution in [2.24, 2.45) is 23.5 Å². The topological polar surface area (TPSA) is 92.5 Å². The molecule has 3 amide bonds. The second-order valence-electron chi connectivity index (χ2n) is 8.57. The predicted octanol–water partition coefficient (Wildman–Crippen LogP) is 3.02. The van der Waals surface area contributed by atoms with Gasteiger partial charge in [0.1, 0.15) is 6.04 Å². The second kappa shape index (κ2) is 11.5. The Morgan fingerprint density at radius 3 is 2.53 bits per heavy atom. The van der Waals surface area contributed by atoms with E-state index in [1.54, 1.807) is 6.08 Å². The quantitative estimate of drug-likeness (QED) is 0.578. The van der Waals surface area contributed by atoms with Crippen molar-refractivity contribution >= 4 is 17.7 Å². The van der Waals surface area contributed by atoms with E-state index >= 15 is 0 Å². The van der Waals surface area contributed by atoms with Crippen LogP contribution in [0.25, 0.3) is 0 Å². The van der Waals surface area contributed by atoms with E-state index in [0.29, 0.717) is 32.4 Å². The summed E-state index contributed by atoms with van der Waals surface area (Å²) in [5.74, 6) is -1.81. The Bertz CT molecular complexity index is 732. The Labute approximate surface area is 179 Å². The number of carbonyl (C=O) groups is 3. The largest absolute Gasteiger partial charge is 0.369 e. The monoisotopic (exact) mass is 413 g/mol. The first kappa shape index (κ1) is 23.6. The number of allylic oxidation sites excluding steroid dienone is 1. The maximum Gasteiger partial charge on any atom is 0.245 e. The normalized spacial score (nSPS) is 19.1. The number of likely N-dealkylation sites (tertiary alicyclic amines) is 1. The van der Waals surface area contributed by atoms with Crippen LogP contribution in [0.2, 0.25) is 0 Å². The van der Waals surface area contributed by atoms with Crippen molar-refractivity contribution in [3.8, 4) is 0 Å². The lowest BCUT2D eigenvalue weighted by atomic mass is 9.82. The van der Waals surface area contributed by atoms with Crippen molar-refractivity contribution < 1.29 is 14.4 Å². The van der Waals surface area contributed by atoms with E-state index in [0.717, 1.165) is 18.4 Å². The molecular formula is C24H35N3O3. The molecule has 1 aliphatic heterocycles. The standard InChI is InChI=1S/C24H35N3O3/c1-4-10-19(22(25)28)20(15-17(2)3)23(29)26-21-13-8-9-14-27(24(21)30)16-18-11-6-5-7-12-18/h4-7,11-12,17,19-21H,1,8-10,13-16H2,2-3H3,(H2,25,28)(H,26,29)/t19?,20?,21-/m0/s1. The highest BCUT2D eigenvalue weighted by Gasteiger charge is 2.35. The highest BCUT2D eigenvalue weighted by molar-refractivity contribution is 5.91. The van der Waals surface area contributed by atoms with Gasteiger partial charge < -0.3 is 16.0 Å². The fourth-order valence-corrected chi connectivity index (χ4v) is 4.10. The molecule has 164 valence electrons. The SMILES string of the molecule is C=CCC(C(N)=O)C(CC(C)C)C(=O)N[C@H]1CCCCN(Cc2ccccc2)C1=O. The minimum absolute atomic E-state index is 0.0626. The van der Waals surface area contributed by atoms with Crippen LogP contribution in [0.4, 0.5) is 0 Å². The Balaban J connectivity index is 2.14. The zero-order valence-electron chi connectivity index (χ0n) is 18.2. The number of amides is 3. The van der Waals surface area contributed by atoms with E-state index in [4.69, 9.17) is 5.73 Å². The molecule has 1 heterocycles. The van der Waals surface area contributed by atoms with Crippen LogP contribution in [-0.2, 0) is 20.9 Å². The number of hydrogen-bond donors (Lipinski definition) is 2. The predicted molar refractivity (Wildman–Crippen MR) is 118 cm³/mol. The summed E-state index contributed by atoms with van der Waals surface area (Å²) >= 11 is 0. The Morgan fingerprint density at radius 1 is 1.23 bits per heavy atom. The average molecular weight is 414 g/mol. The van der Waals surface area contributed by atoms with Gasteiger partial charge in [-0.3, -0.25) is 14.4 Å². The van der Waals surface area contributed by atoms with Crippen LogP contribution in [-0.4, -0.2) is 35.2 Å². The van der Waals surface area contributed by atoms with Crippen molar-refractivity contribution in [1.82, 2.24) is 10.2 Å². The molecule has 1 aromatic rings. The van der Waals surface area contributed by atoms with Crippen LogP contribution in [0, 0.1) is 17.8 Å². The van der Waals surface area contributed by atoms with Crippen molar-refractivity contribution in [1.29, 1.82) is 0 Å². The van der Waals surface area contributed by atoms with Gasteiger partial charge in [-0.05, 0) is 43.6 Å². The van der Waals surface area contributed by atoms with E-state index < -0.39 is 23.8 Å². The molecule has 1 fully saturated rings. The molecule has 3 N–H and O–H groups in total. The summed E-state index contributed by atoms with van der Waals surface area (Å²) in [5.41, 5.74) is 6.65. The number of nitrogens with one attached hydrogen (secondary N) is 1. The van der Waals surface area contributed by atoms with Gasteiger partial charge in [0.15, 0.2) is 0 Å². The molecule has 6 nitrogen and oxygen atoms in total. The minimum atomic E-state index is -0.619. The molecule has 0 saturated carbocycles. The Hall–Kier alpha value is -2.63. The van der Waals surface area contributed by atoms with Crippen LogP contribution in [0.5, 0.6) is 0 Å². The first-order valence-corrected chi connectivity index (χ1v) is 10.9. The zero-order valence-corrected chi connectivity index (χ0v) is 18.2. The highest BCUT2D eigenvalue weighted by Crippen LogP contribution is 2.25. The lowest BCUT2D eigenvalue weighted by Gasteiger charge is -2.29. The first-order valence-electron chi connectivity index (χ1n) is 10.9. The number of nitrogens with zero attached hydrogens (tertiary/aromatic N) is 1. The van der Waals surface area contributed by atoms with E-state index in [2.05, 4.69) is 11.9 Å². The van der Waals surface area contributed by atoms with Gasteiger partial charge in [-0.2, -0.15) is 0 Å². The van der Waals surface area contributed by atoms with E-state index in [1.807, 2.05) is 49.1 Å². The molecule has 30 heavy (non-hydrogen) atoms. The van der Waals surface area contributed by atoms with Crippen LogP contribution in [0.15, 0.2) is 43.0 Å². The summed E-state index contributed by atoms with van der Waals surface area (Å²) in [6, 6.07) is 9.28. The van der Waals surface area contributed by atoms with Crippen molar-refractivity contribution in [2.75, 3.05) is 6.54 Å². The molecule has 0 bridgehead atoms. The van der Waals surface area contributed by atoms with Gasteiger partial charge in [-0.15, -0.1) is 6.58 Å². The van der Waals surface area contributed by atoms with Gasteiger partial charge >= 0.3 is 0 Å². The molecule has 2 rings (SSSR count). The molecule has 6 heteroatoms. The third-order valence-corrected chi connectivity index (χ3v) is 5.65. The molecule has 2 unspecified atom stereocenters. The number of nitrogens with two attached hydrogens (primary N) is 1. The molecule has 1 saturated heterocycles. The lowest BCUT2D eigenvalue weighted by Crippen LogP contribution is -2.50. The van der Waals surface area contributed by atoms with E-state index in [-0.39, 0.29) is 17.7 Å². The summed E-state index contributed by atoms with van der Waals surface area (Å²) in [7, 11) is 0. The Morgan fingerprint density at radius 2 is 1.93 bits per heavy atom. The van der Waals surface area contributed by atoms with Crippen LogP contribution >= 0.6 is 0 Å². The first-order chi connectivity index (χ1) is 14.3. The van der Waals surface area contributed by atoms with Crippen LogP contribution in [0.3, 0.4) is 0 Å². The second-order valence-corrected chi connectivity index (χ2v) is 8.57. The summed E-state index contributed by atoms with van der Waals surface area (Å²) in [6.45, 7) is 8.91. The third kappa shape index (κ3) is 6.71. The van der Waals surface area contributed by atoms with Crippen molar-refractivity contribution in [2.45, 2.75) is 58.5 Å². The fourth-order valence-electron chi connectivity index (χ4n) is 4.10. The smallest absolute Gasteiger partial charge is 0.245 e. The summed E-state index contributed by atoms with van der Waals surface area (Å²) in [6.07, 6.45) is 4.87. The Kier molecular flexibility index (Phi) is 9.09. The number of primary amides is 1. The zero-order chi connectivity index (χ0) is 22.1. The van der Waals surface area contributed by atoms with Gasteiger partial charge in [-0.25, -0.2) is 0 Å². The molecule has 0 aromatic heterocycles. The summed E-state index contributed by atoms with van der Waals surface area (Å²) in [4.78, 5) is 40.2. The number of carbonyl (C=O) groups excluding carboxylic acids is 3. The fraction of sp³-hybridized carbons (Fsp3) is 0.542. The maximum atomic E-state index is 13.2. The average Bonchev–Trinajstić information content (AvgIpc) is 2.87. The molecule has 0 aliphatic carbocycles. The minimum Gasteiger partial charge on any atom is -0.369 e.